The molecule has 2 N–H and O–H groups in total. The van der Waals surface area contributed by atoms with Gasteiger partial charge in [0.1, 0.15) is 17.4 Å². The summed E-state index contributed by atoms with van der Waals surface area (Å²) in [7, 11) is 1.63. The van der Waals surface area contributed by atoms with E-state index >= 15 is 0 Å². The Balaban J connectivity index is 1.90. The molecule has 0 radical (unpaired) electrons. The first-order chi connectivity index (χ1) is 12.1. The van der Waals surface area contributed by atoms with Crippen LogP contribution in [0.15, 0.2) is 47.5 Å². The topological polar surface area (TPSA) is 45.7 Å². The maximum atomic E-state index is 13.2. The van der Waals surface area contributed by atoms with Crippen LogP contribution in [0.1, 0.15) is 18.1 Å². The number of guanidine groups is 1. The molecule has 0 amide bonds. The summed E-state index contributed by atoms with van der Waals surface area (Å²) >= 11 is 0. The number of nitrogens with one attached hydrogen (secondary N) is 2. The molecule has 4 nitrogen and oxygen atoms in total. The second-order valence-corrected chi connectivity index (χ2v) is 5.50. The van der Waals surface area contributed by atoms with Crippen LogP contribution in [0.3, 0.4) is 0 Å². The van der Waals surface area contributed by atoms with E-state index in [1.54, 1.807) is 7.11 Å². The summed E-state index contributed by atoms with van der Waals surface area (Å²) < 4.78 is 31.5. The lowest BCUT2D eigenvalue weighted by Gasteiger charge is -2.11. The van der Waals surface area contributed by atoms with Gasteiger partial charge in [-0.15, -0.1) is 0 Å². The van der Waals surface area contributed by atoms with Gasteiger partial charge in [0.25, 0.3) is 0 Å². The van der Waals surface area contributed by atoms with E-state index in [-0.39, 0.29) is 0 Å². The van der Waals surface area contributed by atoms with Crippen molar-refractivity contribution in [3.63, 3.8) is 0 Å². The summed E-state index contributed by atoms with van der Waals surface area (Å²) in [5.74, 6) is 0.348. The SMILES string of the molecule is CCNC(=NCc1ccc(OC)cc1)NCCc1cc(F)cc(F)c1. The smallest absolute Gasteiger partial charge is 0.191 e. The number of hydrogen-bond acceptors (Lipinski definition) is 2. The van der Waals surface area contributed by atoms with Gasteiger partial charge >= 0.3 is 0 Å². The number of aliphatic imine (C=N–C) groups is 1. The van der Waals surface area contributed by atoms with Gasteiger partial charge in [0.2, 0.25) is 0 Å². The van der Waals surface area contributed by atoms with Crippen LogP contribution in [0.4, 0.5) is 8.78 Å². The Morgan fingerprint density at radius 3 is 2.28 bits per heavy atom. The largest absolute Gasteiger partial charge is 0.497 e. The molecule has 2 rings (SSSR count). The minimum atomic E-state index is -0.560. The van der Waals surface area contributed by atoms with Gasteiger partial charge in [0.15, 0.2) is 5.96 Å². The molecule has 25 heavy (non-hydrogen) atoms. The van der Waals surface area contributed by atoms with Gasteiger partial charge in [-0.1, -0.05) is 12.1 Å². The number of halogens is 2. The lowest BCUT2D eigenvalue weighted by molar-refractivity contribution is 0.414. The minimum Gasteiger partial charge on any atom is -0.497 e. The normalized spacial score (nSPS) is 11.3. The Bertz CT molecular complexity index is 682. The summed E-state index contributed by atoms with van der Waals surface area (Å²) in [4.78, 5) is 4.51. The first-order valence-corrected chi connectivity index (χ1v) is 8.20. The van der Waals surface area contributed by atoms with Crippen molar-refractivity contribution in [3.8, 4) is 5.75 Å². The fourth-order valence-electron chi connectivity index (χ4n) is 2.32. The summed E-state index contributed by atoms with van der Waals surface area (Å²) in [6, 6.07) is 11.3. The van der Waals surface area contributed by atoms with Crippen LogP contribution in [0.2, 0.25) is 0 Å². The zero-order valence-electron chi connectivity index (χ0n) is 14.5. The summed E-state index contributed by atoms with van der Waals surface area (Å²) in [5, 5.41) is 6.32. The van der Waals surface area contributed by atoms with Crippen molar-refractivity contribution < 1.29 is 13.5 Å². The molecular formula is C19H23F2N3O. The fraction of sp³-hybridized carbons (Fsp3) is 0.316. The molecule has 0 saturated carbocycles. The third-order valence-corrected chi connectivity index (χ3v) is 3.55. The van der Waals surface area contributed by atoms with Gasteiger partial charge in [-0.05, 0) is 48.7 Å². The van der Waals surface area contributed by atoms with Crippen LogP contribution in [0, 0.1) is 11.6 Å². The predicted octanol–water partition coefficient (Wildman–Crippen LogP) is 3.27. The molecule has 0 bridgehead atoms. The molecule has 0 aliphatic heterocycles. The minimum absolute atomic E-state index is 0.502. The zero-order chi connectivity index (χ0) is 18.1. The van der Waals surface area contributed by atoms with Gasteiger partial charge in [0.05, 0.1) is 13.7 Å². The maximum absolute atomic E-state index is 13.2. The summed E-state index contributed by atoms with van der Waals surface area (Å²) in [6.07, 6.45) is 0.502. The lowest BCUT2D eigenvalue weighted by Crippen LogP contribution is -2.38. The molecule has 2 aromatic rings. The van der Waals surface area contributed by atoms with E-state index in [0.717, 1.165) is 23.9 Å². The molecule has 6 heteroatoms. The third-order valence-electron chi connectivity index (χ3n) is 3.55. The van der Waals surface area contributed by atoms with Crippen LogP contribution in [0.25, 0.3) is 0 Å². The maximum Gasteiger partial charge on any atom is 0.191 e. The first kappa shape index (κ1) is 18.7. The van der Waals surface area contributed by atoms with Crippen LogP contribution < -0.4 is 15.4 Å². The molecule has 0 unspecified atom stereocenters. The second-order valence-electron chi connectivity index (χ2n) is 5.50. The number of rotatable bonds is 7. The van der Waals surface area contributed by atoms with E-state index < -0.39 is 11.6 Å². The molecule has 0 fully saturated rings. The predicted molar refractivity (Wildman–Crippen MR) is 95.9 cm³/mol. The Morgan fingerprint density at radius 1 is 1.00 bits per heavy atom. The molecule has 134 valence electrons. The fourth-order valence-corrected chi connectivity index (χ4v) is 2.32. The molecule has 0 aromatic heterocycles. The van der Waals surface area contributed by atoms with Crippen molar-refractivity contribution in [1.29, 1.82) is 0 Å². The Labute approximate surface area is 146 Å². The van der Waals surface area contributed by atoms with Crippen LogP contribution in [0.5, 0.6) is 5.75 Å². The molecular weight excluding hydrogens is 324 g/mol. The van der Waals surface area contributed by atoms with E-state index in [0.29, 0.717) is 31.0 Å². The highest BCUT2D eigenvalue weighted by Gasteiger charge is 2.02. The Hall–Kier alpha value is -2.63. The molecule has 0 atom stereocenters. The zero-order valence-corrected chi connectivity index (χ0v) is 14.5. The van der Waals surface area contributed by atoms with Gasteiger partial charge in [0, 0.05) is 19.2 Å². The quantitative estimate of drug-likeness (QED) is 0.597. The Kier molecular flexibility index (Phi) is 7.19. The van der Waals surface area contributed by atoms with Crippen LogP contribution >= 0.6 is 0 Å². The van der Waals surface area contributed by atoms with E-state index in [9.17, 15) is 8.78 Å². The molecule has 0 aliphatic carbocycles. The van der Waals surface area contributed by atoms with Crippen molar-refractivity contribution in [2.24, 2.45) is 4.99 Å². The standard InChI is InChI=1S/C19H23F2N3O/c1-3-22-19(24-13-14-4-6-18(25-2)7-5-14)23-9-8-15-10-16(20)12-17(21)11-15/h4-7,10-12H,3,8-9,13H2,1-2H3,(H2,22,23,24). The molecule has 2 aromatic carbocycles. The molecule has 0 heterocycles. The van der Waals surface area contributed by atoms with Gasteiger partial charge in [-0.25, -0.2) is 13.8 Å². The van der Waals surface area contributed by atoms with Crippen LogP contribution in [-0.4, -0.2) is 26.2 Å². The van der Waals surface area contributed by atoms with Crippen LogP contribution in [-0.2, 0) is 13.0 Å². The first-order valence-electron chi connectivity index (χ1n) is 8.20. The lowest BCUT2D eigenvalue weighted by atomic mass is 10.1. The van der Waals surface area contributed by atoms with Gasteiger partial charge < -0.3 is 15.4 Å². The van der Waals surface area contributed by atoms with Crippen molar-refractivity contribution in [2.45, 2.75) is 19.9 Å². The molecule has 0 saturated heterocycles. The number of hydrogen-bond donors (Lipinski definition) is 2. The van der Waals surface area contributed by atoms with E-state index in [1.807, 2.05) is 31.2 Å². The Morgan fingerprint density at radius 2 is 1.68 bits per heavy atom. The highest BCUT2D eigenvalue weighted by molar-refractivity contribution is 5.79. The van der Waals surface area contributed by atoms with E-state index in [1.165, 1.54) is 12.1 Å². The summed E-state index contributed by atoms with van der Waals surface area (Å²) in [5.41, 5.74) is 1.67. The highest BCUT2D eigenvalue weighted by atomic mass is 19.1. The number of nitrogens with zero attached hydrogens (tertiary/aromatic N) is 1. The molecule has 0 aliphatic rings. The summed E-state index contributed by atoms with van der Waals surface area (Å²) in [6.45, 7) is 3.75. The monoisotopic (exact) mass is 347 g/mol. The van der Waals surface area contributed by atoms with E-state index in [4.69, 9.17) is 4.74 Å². The van der Waals surface area contributed by atoms with Gasteiger partial charge in [-0.3, -0.25) is 0 Å². The highest BCUT2D eigenvalue weighted by Crippen LogP contribution is 2.12. The average Bonchev–Trinajstić information content (AvgIpc) is 2.59. The van der Waals surface area contributed by atoms with E-state index in [2.05, 4.69) is 15.6 Å². The van der Waals surface area contributed by atoms with Crippen molar-refractivity contribution in [3.05, 3.63) is 65.2 Å². The number of methoxy groups -OCH3 is 1. The average molecular weight is 347 g/mol. The third kappa shape index (κ3) is 6.41. The molecule has 0 spiro atoms. The van der Waals surface area contributed by atoms with Crippen molar-refractivity contribution >= 4 is 5.96 Å². The van der Waals surface area contributed by atoms with Crippen molar-refractivity contribution in [1.82, 2.24) is 10.6 Å². The van der Waals surface area contributed by atoms with Crippen molar-refractivity contribution in [2.75, 3.05) is 20.2 Å². The number of benzene rings is 2. The number of ether oxygens (including phenoxy) is 1. The second kappa shape index (κ2) is 9.61. The van der Waals surface area contributed by atoms with Gasteiger partial charge in [-0.2, -0.15) is 0 Å².